The zero-order chi connectivity index (χ0) is 15.8. The minimum Gasteiger partial charge on any atom is -0.356 e. The van der Waals surface area contributed by atoms with Crippen LogP contribution in [0, 0.1) is 10.1 Å². The summed E-state index contributed by atoms with van der Waals surface area (Å²) in [6.45, 7) is 1.71. The number of hydrogen-bond donors (Lipinski definition) is 2. The summed E-state index contributed by atoms with van der Waals surface area (Å²) in [7, 11) is 0. The van der Waals surface area contributed by atoms with Gasteiger partial charge in [0.1, 0.15) is 0 Å². The van der Waals surface area contributed by atoms with Crippen molar-refractivity contribution in [2.45, 2.75) is 44.6 Å². The summed E-state index contributed by atoms with van der Waals surface area (Å²) in [6, 6.07) is 7.00. The molecule has 0 aliphatic carbocycles. The van der Waals surface area contributed by atoms with Crippen molar-refractivity contribution in [1.29, 1.82) is 0 Å². The Bertz CT molecular complexity index is 502. The van der Waals surface area contributed by atoms with Gasteiger partial charge in [0.15, 0.2) is 0 Å². The van der Waals surface area contributed by atoms with Crippen molar-refractivity contribution >= 4 is 24.0 Å². The van der Waals surface area contributed by atoms with Gasteiger partial charge in [-0.1, -0.05) is 12.1 Å². The maximum Gasteiger partial charge on any atom is 0.269 e. The lowest BCUT2D eigenvalue weighted by Gasteiger charge is -2.10. The van der Waals surface area contributed by atoms with E-state index in [0.29, 0.717) is 19.0 Å². The van der Waals surface area contributed by atoms with Crippen molar-refractivity contribution in [3.05, 3.63) is 39.9 Å². The van der Waals surface area contributed by atoms with Crippen LogP contribution in [-0.2, 0) is 11.2 Å². The van der Waals surface area contributed by atoms with Crippen LogP contribution in [0.25, 0.3) is 0 Å². The molecule has 1 amide bonds. The third-order valence-electron chi connectivity index (χ3n) is 3.96. The Hall–Kier alpha value is -1.66. The van der Waals surface area contributed by atoms with Crippen molar-refractivity contribution in [3.8, 4) is 0 Å². The van der Waals surface area contributed by atoms with E-state index >= 15 is 0 Å². The second-order valence-electron chi connectivity index (χ2n) is 5.73. The number of nitro groups is 1. The number of non-ortho nitro benzene ring substituents is 1. The van der Waals surface area contributed by atoms with E-state index in [9.17, 15) is 14.9 Å². The summed E-state index contributed by atoms with van der Waals surface area (Å²) < 4.78 is 0. The molecule has 0 aromatic heterocycles. The summed E-state index contributed by atoms with van der Waals surface area (Å²) in [4.78, 5) is 21.9. The predicted octanol–water partition coefficient (Wildman–Crippen LogP) is 2.60. The van der Waals surface area contributed by atoms with Crippen LogP contribution < -0.4 is 10.6 Å². The summed E-state index contributed by atoms with van der Waals surface area (Å²) in [5.41, 5.74) is 1.21. The van der Waals surface area contributed by atoms with E-state index in [4.69, 9.17) is 0 Å². The molecule has 1 heterocycles. The molecule has 0 spiro atoms. The molecule has 1 atom stereocenters. The molecule has 6 nitrogen and oxygen atoms in total. The molecule has 128 valence electrons. The highest BCUT2D eigenvalue weighted by Gasteiger charge is 2.16. The number of rotatable bonds is 8. The Kier molecular flexibility index (Phi) is 8.58. The second kappa shape index (κ2) is 10.2. The number of nitro benzene ring substituents is 1. The number of carbonyl (C=O) groups is 1. The number of amides is 1. The molecule has 0 saturated carbocycles. The zero-order valence-corrected chi connectivity index (χ0v) is 13.9. The number of carbonyl (C=O) groups excluding carboxylic acids is 1. The fourth-order valence-corrected chi connectivity index (χ4v) is 2.69. The van der Waals surface area contributed by atoms with Crippen LogP contribution in [-0.4, -0.2) is 30.0 Å². The fraction of sp³-hybridized carbons (Fsp3) is 0.562. The van der Waals surface area contributed by atoms with E-state index in [1.165, 1.54) is 12.1 Å². The quantitative estimate of drug-likeness (QED) is 0.432. The molecule has 1 fully saturated rings. The van der Waals surface area contributed by atoms with Gasteiger partial charge in [0.2, 0.25) is 5.91 Å². The SMILES string of the molecule is Cl.O=C(CC1CCCN1)NCCCCc1ccc([N+](=O)[O-])cc1. The third-order valence-corrected chi connectivity index (χ3v) is 3.96. The predicted molar refractivity (Wildman–Crippen MR) is 91.9 cm³/mol. The van der Waals surface area contributed by atoms with E-state index in [1.807, 2.05) is 0 Å². The van der Waals surface area contributed by atoms with Crippen molar-refractivity contribution in [1.82, 2.24) is 10.6 Å². The highest BCUT2D eigenvalue weighted by atomic mass is 35.5. The van der Waals surface area contributed by atoms with Crippen LogP contribution in [0.2, 0.25) is 0 Å². The Morgan fingerprint density at radius 1 is 1.30 bits per heavy atom. The minimum atomic E-state index is -0.390. The maximum atomic E-state index is 11.7. The molecule has 1 saturated heterocycles. The van der Waals surface area contributed by atoms with Crippen molar-refractivity contribution in [3.63, 3.8) is 0 Å². The zero-order valence-electron chi connectivity index (χ0n) is 13.1. The first kappa shape index (κ1) is 19.4. The van der Waals surface area contributed by atoms with Gasteiger partial charge in [-0.05, 0) is 44.2 Å². The molecule has 0 radical (unpaired) electrons. The number of benzene rings is 1. The standard InChI is InChI=1S/C16H23N3O3.ClH/c20-16(12-14-5-3-11-17-14)18-10-2-1-4-13-6-8-15(9-7-13)19(21)22;/h6-9,14,17H,1-5,10-12H2,(H,18,20);1H. The van der Waals surface area contributed by atoms with Gasteiger partial charge >= 0.3 is 0 Å². The van der Waals surface area contributed by atoms with E-state index in [0.717, 1.165) is 44.2 Å². The lowest BCUT2D eigenvalue weighted by Crippen LogP contribution is -2.32. The highest BCUT2D eigenvalue weighted by Crippen LogP contribution is 2.13. The second-order valence-corrected chi connectivity index (χ2v) is 5.73. The molecule has 1 aliphatic heterocycles. The van der Waals surface area contributed by atoms with Gasteiger partial charge < -0.3 is 10.6 Å². The maximum absolute atomic E-state index is 11.7. The molecule has 0 bridgehead atoms. The van der Waals surface area contributed by atoms with Gasteiger partial charge in [-0.3, -0.25) is 14.9 Å². The first-order valence-corrected chi connectivity index (χ1v) is 7.88. The highest BCUT2D eigenvalue weighted by molar-refractivity contribution is 5.85. The van der Waals surface area contributed by atoms with Crippen LogP contribution in [0.15, 0.2) is 24.3 Å². The van der Waals surface area contributed by atoms with E-state index in [1.54, 1.807) is 12.1 Å². The number of unbranched alkanes of at least 4 members (excludes halogenated alkanes) is 1. The van der Waals surface area contributed by atoms with Crippen molar-refractivity contribution in [2.24, 2.45) is 0 Å². The van der Waals surface area contributed by atoms with Crippen molar-refractivity contribution in [2.75, 3.05) is 13.1 Å². The Labute approximate surface area is 142 Å². The minimum absolute atomic E-state index is 0. The van der Waals surface area contributed by atoms with Crippen molar-refractivity contribution < 1.29 is 9.72 Å². The van der Waals surface area contributed by atoms with Gasteiger partial charge in [0.05, 0.1) is 4.92 Å². The molecular weight excluding hydrogens is 318 g/mol. The number of nitrogens with one attached hydrogen (secondary N) is 2. The largest absolute Gasteiger partial charge is 0.356 e. The average molecular weight is 342 g/mol. The number of hydrogen-bond acceptors (Lipinski definition) is 4. The van der Waals surface area contributed by atoms with E-state index < -0.39 is 4.92 Å². The fourth-order valence-electron chi connectivity index (χ4n) is 2.69. The van der Waals surface area contributed by atoms with Gasteiger partial charge in [-0.25, -0.2) is 0 Å². The lowest BCUT2D eigenvalue weighted by atomic mass is 10.1. The Balaban J connectivity index is 0.00000264. The Morgan fingerprint density at radius 2 is 2.04 bits per heavy atom. The van der Waals surface area contributed by atoms with E-state index in [2.05, 4.69) is 10.6 Å². The van der Waals surface area contributed by atoms with Gasteiger partial charge in [0, 0.05) is 31.1 Å². The summed E-state index contributed by atoms with van der Waals surface area (Å²) >= 11 is 0. The summed E-state index contributed by atoms with van der Waals surface area (Å²) in [6.07, 6.45) is 5.57. The van der Waals surface area contributed by atoms with Crippen LogP contribution in [0.3, 0.4) is 0 Å². The van der Waals surface area contributed by atoms with Crippen LogP contribution in [0.4, 0.5) is 5.69 Å². The molecule has 1 aromatic rings. The van der Waals surface area contributed by atoms with Gasteiger partial charge in [-0.2, -0.15) is 0 Å². The summed E-state index contributed by atoms with van der Waals surface area (Å²) in [5, 5.41) is 16.8. The molecular formula is C16H24ClN3O3. The number of aryl methyl sites for hydroxylation is 1. The van der Waals surface area contributed by atoms with Gasteiger partial charge in [0.25, 0.3) is 5.69 Å². The summed E-state index contributed by atoms with van der Waals surface area (Å²) in [5.74, 6) is 0.120. The molecule has 23 heavy (non-hydrogen) atoms. The van der Waals surface area contributed by atoms with Gasteiger partial charge in [-0.15, -0.1) is 12.4 Å². The van der Waals surface area contributed by atoms with Crippen LogP contribution in [0.1, 0.15) is 37.7 Å². The smallest absolute Gasteiger partial charge is 0.269 e. The first-order chi connectivity index (χ1) is 10.6. The normalized spacial score (nSPS) is 16.6. The number of halogens is 1. The molecule has 2 rings (SSSR count). The molecule has 2 N–H and O–H groups in total. The Morgan fingerprint density at radius 3 is 2.65 bits per heavy atom. The molecule has 7 heteroatoms. The lowest BCUT2D eigenvalue weighted by molar-refractivity contribution is -0.384. The monoisotopic (exact) mass is 341 g/mol. The molecule has 1 aromatic carbocycles. The topological polar surface area (TPSA) is 84.3 Å². The molecule has 1 aliphatic rings. The number of nitrogens with zero attached hydrogens (tertiary/aromatic N) is 1. The van der Waals surface area contributed by atoms with Crippen LogP contribution >= 0.6 is 12.4 Å². The average Bonchev–Trinajstić information content (AvgIpc) is 3.00. The van der Waals surface area contributed by atoms with E-state index in [-0.39, 0.29) is 24.0 Å². The molecule has 1 unspecified atom stereocenters. The third kappa shape index (κ3) is 6.97. The first-order valence-electron chi connectivity index (χ1n) is 7.88. The van der Waals surface area contributed by atoms with Crippen LogP contribution in [0.5, 0.6) is 0 Å².